The zero-order valence-corrected chi connectivity index (χ0v) is 18.2. The maximum atomic E-state index is 13.0. The number of benzene rings is 2. The predicted octanol–water partition coefficient (Wildman–Crippen LogP) is 3.30. The molecular formula is C23H18FN3O5S. The monoisotopic (exact) mass is 467 g/mol. The number of sulfonamides is 1. The Bertz CT molecular complexity index is 1520. The summed E-state index contributed by atoms with van der Waals surface area (Å²) in [6, 6.07) is 14.9. The lowest BCUT2D eigenvalue weighted by molar-refractivity contribution is 0.0467. The van der Waals surface area contributed by atoms with Crippen molar-refractivity contribution in [3.8, 4) is 0 Å². The third-order valence-electron chi connectivity index (χ3n) is 4.69. The highest BCUT2D eigenvalue weighted by Crippen LogP contribution is 2.18. The van der Waals surface area contributed by atoms with Gasteiger partial charge >= 0.3 is 5.97 Å². The molecule has 10 heteroatoms. The van der Waals surface area contributed by atoms with E-state index >= 15 is 0 Å². The molecule has 0 saturated heterocycles. The molecule has 0 spiro atoms. The van der Waals surface area contributed by atoms with Crippen LogP contribution < -0.4 is 10.3 Å². The number of ether oxygens (including phenoxy) is 1. The van der Waals surface area contributed by atoms with E-state index in [1.807, 2.05) is 13.0 Å². The van der Waals surface area contributed by atoms with Crippen LogP contribution in [0.15, 0.2) is 82.6 Å². The molecule has 0 amide bonds. The molecular weight excluding hydrogens is 449 g/mol. The Hall–Kier alpha value is -4.05. The van der Waals surface area contributed by atoms with Crippen molar-refractivity contribution in [3.05, 3.63) is 106 Å². The number of fused-ring (bicyclic) bond motifs is 1. The van der Waals surface area contributed by atoms with Gasteiger partial charge in [-0.05, 0) is 61.0 Å². The van der Waals surface area contributed by atoms with Crippen molar-refractivity contribution >= 4 is 27.3 Å². The number of carbonyl (C=O) groups excluding carboxylic acids is 1. The summed E-state index contributed by atoms with van der Waals surface area (Å²) in [4.78, 5) is 28.9. The second-order valence-corrected chi connectivity index (χ2v) is 8.92. The van der Waals surface area contributed by atoms with Crippen LogP contribution in [0, 0.1) is 12.7 Å². The summed E-state index contributed by atoms with van der Waals surface area (Å²) in [7, 11) is -4.02. The fraction of sp³-hybridized carbons (Fsp3) is 0.0870. The summed E-state index contributed by atoms with van der Waals surface area (Å²) in [6.45, 7) is 1.59. The molecule has 2 aromatic carbocycles. The number of rotatable bonds is 6. The van der Waals surface area contributed by atoms with Gasteiger partial charge in [-0.2, -0.15) is 0 Å². The molecule has 0 atom stereocenters. The molecule has 4 aromatic rings. The molecule has 0 saturated carbocycles. The van der Waals surface area contributed by atoms with Gasteiger partial charge in [-0.25, -0.2) is 22.6 Å². The van der Waals surface area contributed by atoms with Gasteiger partial charge in [-0.3, -0.25) is 13.9 Å². The van der Waals surface area contributed by atoms with Crippen molar-refractivity contribution in [1.82, 2.24) is 9.38 Å². The fourth-order valence-electron chi connectivity index (χ4n) is 3.08. The highest BCUT2D eigenvalue weighted by molar-refractivity contribution is 7.92. The van der Waals surface area contributed by atoms with Gasteiger partial charge in [-0.1, -0.05) is 12.1 Å². The third-order valence-corrected chi connectivity index (χ3v) is 6.07. The van der Waals surface area contributed by atoms with E-state index < -0.39 is 21.8 Å². The summed E-state index contributed by atoms with van der Waals surface area (Å²) in [5.41, 5.74) is 1.44. The molecule has 33 heavy (non-hydrogen) atoms. The third kappa shape index (κ3) is 5.07. The van der Waals surface area contributed by atoms with Crippen LogP contribution in [0.5, 0.6) is 0 Å². The minimum Gasteiger partial charge on any atom is -0.456 e. The van der Waals surface area contributed by atoms with Crippen LogP contribution >= 0.6 is 0 Å². The molecule has 4 rings (SSSR count). The number of anilines is 1. The summed E-state index contributed by atoms with van der Waals surface area (Å²) in [5.74, 6) is -1.28. The average Bonchev–Trinajstić information content (AvgIpc) is 2.79. The second-order valence-electron chi connectivity index (χ2n) is 7.24. The molecule has 8 nitrogen and oxygen atoms in total. The Morgan fingerprint density at radius 1 is 1.09 bits per heavy atom. The smallest absolute Gasteiger partial charge is 0.338 e. The zero-order chi connectivity index (χ0) is 23.6. The molecule has 0 radical (unpaired) electrons. The first-order valence-electron chi connectivity index (χ1n) is 9.76. The fourth-order valence-corrected chi connectivity index (χ4v) is 4.18. The van der Waals surface area contributed by atoms with Crippen LogP contribution in [0.2, 0.25) is 0 Å². The van der Waals surface area contributed by atoms with Crippen LogP contribution in [0.3, 0.4) is 0 Å². The van der Waals surface area contributed by atoms with Crippen molar-refractivity contribution in [2.75, 3.05) is 4.72 Å². The van der Waals surface area contributed by atoms with Crippen molar-refractivity contribution < 1.29 is 22.3 Å². The maximum absolute atomic E-state index is 13.0. The minimum absolute atomic E-state index is 0.00474. The lowest BCUT2D eigenvalue weighted by atomic mass is 10.2. The molecule has 2 heterocycles. The van der Waals surface area contributed by atoms with Crippen LogP contribution in [-0.4, -0.2) is 23.8 Å². The highest BCUT2D eigenvalue weighted by atomic mass is 32.2. The first-order chi connectivity index (χ1) is 15.7. The van der Waals surface area contributed by atoms with Gasteiger partial charge in [0, 0.05) is 18.0 Å². The van der Waals surface area contributed by atoms with E-state index in [1.54, 1.807) is 12.3 Å². The Balaban J connectivity index is 1.50. The summed E-state index contributed by atoms with van der Waals surface area (Å²) < 4.78 is 47.2. The number of aromatic nitrogens is 2. The first-order valence-corrected chi connectivity index (χ1v) is 11.2. The molecule has 0 aliphatic carbocycles. The van der Waals surface area contributed by atoms with Crippen LogP contribution in [0.1, 0.15) is 21.6 Å². The quantitative estimate of drug-likeness (QED) is 0.436. The van der Waals surface area contributed by atoms with Crippen LogP contribution in [0.25, 0.3) is 5.65 Å². The molecule has 168 valence electrons. The van der Waals surface area contributed by atoms with Gasteiger partial charge in [0.25, 0.3) is 15.6 Å². The molecule has 0 aliphatic rings. The number of hydrogen-bond acceptors (Lipinski definition) is 6. The van der Waals surface area contributed by atoms with Crippen molar-refractivity contribution in [1.29, 1.82) is 0 Å². The maximum Gasteiger partial charge on any atom is 0.338 e. The molecule has 2 aromatic heterocycles. The van der Waals surface area contributed by atoms with Crippen molar-refractivity contribution in [2.45, 2.75) is 18.4 Å². The topological polar surface area (TPSA) is 107 Å². The Kier molecular flexibility index (Phi) is 5.93. The van der Waals surface area contributed by atoms with Gasteiger partial charge in [0.1, 0.15) is 18.1 Å². The van der Waals surface area contributed by atoms with Gasteiger partial charge < -0.3 is 4.74 Å². The minimum atomic E-state index is -4.02. The van der Waals surface area contributed by atoms with Gasteiger partial charge in [0.05, 0.1) is 16.2 Å². The van der Waals surface area contributed by atoms with E-state index in [-0.39, 0.29) is 34.0 Å². The SMILES string of the molecule is Cc1ccc2nc(COC(=O)c3cccc(S(=O)(=O)Nc4ccc(F)cc4)c3)cc(=O)n2c1. The Morgan fingerprint density at radius 3 is 2.61 bits per heavy atom. The molecule has 0 fully saturated rings. The first kappa shape index (κ1) is 22.2. The summed E-state index contributed by atoms with van der Waals surface area (Å²) >= 11 is 0. The van der Waals surface area contributed by atoms with E-state index in [4.69, 9.17) is 4.74 Å². The number of pyridine rings is 1. The molecule has 1 N–H and O–H groups in total. The second kappa shape index (κ2) is 8.83. The summed E-state index contributed by atoms with van der Waals surface area (Å²) in [6.07, 6.45) is 1.66. The number of halogens is 1. The lowest BCUT2D eigenvalue weighted by Crippen LogP contribution is -2.17. The Labute approximate surface area is 188 Å². The molecule has 0 bridgehead atoms. The number of carbonyl (C=O) groups is 1. The standard InChI is InChI=1S/C23H18FN3O5S/c1-15-5-10-21-25-19(12-22(28)27(21)13-15)14-32-23(29)16-3-2-4-20(11-16)33(30,31)26-18-8-6-17(24)7-9-18/h2-13,26H,14H2,1H3. The normalized spacial score (nSPS) is 11.3. The van der Waals surface area contributed by atoms with Crippen molar-refractivity contribution in [3.63, 3.8) is 0 Å². The van der Waals surface area contributed by atoms with E-state index in [0.29, 0.717) is 5.65 Å². The largest absolute Gasteiger partial charge is 0.456 e. The van der Waals surface area contributed by atoms with Gasteiger partial charge in [0.2, 0.25) is 0 Å². The number of nitrogens with zero attached hydrogens (tertiary/aromatic N) is 2. The zero-order valence-electron chi connectivity index (χ0n) is 17.4. The van der Waals surface area contributed by atoms with Gasteiger partial charge in [0.15, 0.2) is 0 Å². The van der Waals surface area contributed by atoms with Crippen molar-refractivity contribution in [2.24, 2.45) is 0 Å². The average molecular weight is 467 g/mol. The highest BCUT2D eigenvalue weighted by Gasteiger charge is 2.17. The predicted molar refractivity (Wildman–Crippen MR) is 119 cm³/mol. The van der Waals surface area contributed by atoms with E-state index in [2.05, 4.69) is 9.71 Å². The molecule has 0 unspecified atom stereocenters. The van der Waals surface area contributed by atoms with E-state index in [0.717, 1.165) is 17.7 Å². The number of esters is 1. The van der Waals surface area contributed by atoms with Crippen LogP contribution in [-0.2, 0) is 21.4 Å². The number of aryl methyl sites for hydroxylation is 1. The van der Waals surface area contributed by atoms with Crippen LogP contribution in [0.4, 0.5) is 10.1 Å². The Morgan fingerprint density at radius 2 is 1.85 bits per heavy atom. The molecule has 0 aliphatic heterocycles. The van der Waals surface area contributed by atoms with E-state index in [1.165, 1.54) is 46.9 Å². The number of hydrogen-bond donors (Lipinski definition) is 1. The van der Waals surface area contributed by atoms with Gasteiger partial charge in [-0.15, -0.1) is 0 Å². The lowest BCUT2D eigenvalue weighted by Gasteiger charge is -2.10. The number of nitrogens with one attached hydrogen (secondary N) is 1. The van der Waals surface area contributed by atoms with E-state index in [9.17, 15) is 22.4 Å². The summed E-state index contributed by atoms with van der Waals surface area (Å²) in [5, 5.41) is 0.